The molecule has 0 heterocycles. The maximum Gasteiger partial charge on any atom is 0.208 e. The number of carbonyl (C=O) groups is 1. The molecule has 1 amide bonds. The first-order valence-electron chi connectivity index (χ1n) is 4.10. The number of hydrogen-bond acceptors (Lipinski definition) is 1. The number of amides is 1. The van der Waals surface area contributed by atoms with Crippen LogP contribution in [0.25, 0.3) is 0 Å². The van der Waals surface area contributed by atoms with Crippen molar-refractivity contribution < 1.29 is 4.79 Å². The van der Waals surface area contributed by atoms with Crippen LogP contribution in [0, 0.1) is 0 Å². The van der Waals surface area contributed by atoms with Gasteiger partial charge in [0.25, 0.3) is 0 Å². The first-order valence-corrected chi connectivity index (χ1v) is 4.10. The van der Waals surface area contributed by atoms with Crippen molar-refractivity contribution >= 4 is 6.41 Å². The smallest absolute Gasteiger partial charge is 0.208 e. The monoisotopic (exact) mass is 165 g/mol. The highest BCUT2D eigenvalue weighted by molar-refractivity contribution is 5.57. The average Bonchev–Trinajstić information content (AvgIpc) is 2.17. The molecule has 0 fully saturated rings. The van der Waals surface area contributed by atoms with Gasteiger partial charge >= 0.3 is 0 Å². The molecular weight excluding hydrogens is 150 g/mol. The van der Waals surface area contributed by atoms with E-state index < -0.39 is 0 Å². The molecule has 0 radical (unpaired) electrons. The number of nitrogens with one attached hydrogen (secondary N) is 1. The van der Waals surface area contributed by atoms with Gasteiger partial charge in [0.1, 0.15) is 0 Å². The summed E-state index contributed by atoms with van der Waals surface area (Å²) in [5.41, 5.74) is 3.51. The zero-order valence-electron chi connectivity index (χ0n) is 8.06. The largest absolute Gasteiger partial charge is 0.346 e. The van der Waals surface area contributed by atoms with Gasteiger partial charge < -0.3 is 5.32 Å². The van der Waals surface area contributed by atoms with E-state index in [1.54, 1.807) is 0 Å². The van der Waals surface area contributed by atoms with Crippen LogP contribution in [-0.4, -0.2) is 11.9 Å². The second-order valence-electron chi connectivity index (χ2n) is 3.54. The zero-order chi connectivity index (χ0) is 9.35. The van der Waals surface area contributed by atoms with Gasteiger partial charge in [-0.1, -0.05) is 6.08 Å². The molecule has 1 N–H and O–H groups in total. The Hall–Kier alpha value is -1.05. The topological polar surface area (TPSA) is 29.1 Å². The van der Waals surface area contributed by atoms with E-state index in [-0.39, 0.29) is 5.54 Å². The molecule has 2 heteroatoms. The van der Waals surface area contributed by atoms with Crippen molar-refractivity contribution in [3.05, 3.63) is 22.8 Å². The Labute approximate surface area is 73.4 Å². The highest BCUT2D eigenvalue weighted by atomic mass is 16.1. The van der Waals surface area contributed by atoms with Gasteiger partial charge in [-0.2, -0.15) is 0 Å². The Morgan fingerprint density at radius 3 is 2.33 bits per heavy atom. The minimum Gasteiger partial charge on any atom is -0.346 e. The quantitative estimate of drug-likeness (QED) is 0.621. The average molecular weight is 165 g/mol. The molecule has 1 rings (SSSR count). The first kappa shape index (κ1) is 9.04. The molecule has 1 aliphatic carbocycles. The molecule has 0 saturated carbocycles. The van der Waals surface area contributed by atoms with Crippen LogP contribution >= 0.6 is 0 Å². The fourth-order valence-corrected chi connectivity index (χ4v) is 1.61. The van der Waals surface area contributed by atoms with Crippen molar-refractivity contribution in [1.29, 1.82) is 0 Å². The Balaban J connectivity index is 3.05. The highest BCUT2D eigenvalue weighted by Gasteiger charge is 2.29. The Morgan fingerprint density at radius 1 is 1.42 bits per heavy atom. The molecule has 1 unspecified atom stereocenters. The summed E-state index contributed by atoms with van der Waals surface area (Å²) in [7, 11) is 0. The van der Waals surface area contributed by atoms with Gasteiger partial charge in [-0.25, -0.2) is 0 Å². The fourth-order valence-electron chi connectivity index (χ4n) is 1.61. The molecule has 0 aliphatic heterocycles. The van der Waals surface area contributed by atoms with E-state index in [2.05, 4.69) is 32.2 Å². The third-order valence-corrected chi connectivity index (χ3v) is 2.80. The third kappa shape index (κ3) is 1.17. The van der Waals surface area contributed by atoms with Crippen LogP contribution < -0.4 is 5.32 Å². The summed E-state index contributed by atoms with van der Waals surface area (Å²) in [6.07, 6.45) is 2.85. The van der Waals surface area contributed by atoms with Crippen LogP contribution in [0.15, 0.2) is 22.8 Å². The summed E-state index contributed by atoms with van der Waals surface area (Å²) in [5, 5.41) is 2.82. The van der Waals surface area contributed by atoms with Crippen LogP contribution in [0.3, 0.4) is 0 Å². The minimum atomic E-state index is -0.254. The molecule has 0 bridgehead atoms. The predicted molar refractivity (Wildman–Crippen MR) is 49.7 cm³/mol. The standard InChI is InChI=1S/C10H15NO/c1-7-5-10(4,11-6-12)9(3)8(7)2/h5-6H,1-4H3,(H,11,12). The molecule has 66 valence electrons. The summed E-state index contributed by atoms with van der Waals surface area (Å²) in [6.45, 7) is 8.21. The maximum atomic E-state index is 10.4. The normalized spacial score (nSPS) is 28.8. The van der Waals surface area contributed by atoms with Gasteiger partial charge in [-0.3, -0.25) is 4.79 Å². The summed E-state index contributed by atoms with van der Waals surface area (Å²) in [6, 6.07) is 0. The second-order valence-corrected chi connectivity index (χ2v) is 3.54. The van der Waals surface area contributed by atoms with E-state index in [1.165, 1.54) is 16.7 Å². The van der Waals surface area contributed by atoms with E-state index >= 15 is 0 Å². The van der Waals surface area contributed by atoms with E-state index in [0.717, 1.165) is 6.41 Å². The lowest BCUT2D eigenvalue weighted by atomic mass is 9.96. The summed E-state index contributed by atoms with van der Waals surface area (Å²) >= 11 is 0. The van der Waals surface area contributed by atoms with Gasteiger partial charge in [0, 0.05) is 0 Å². The molecule has 0 saturated heterocycles. The zero-order valence-corrected chi connectivity index (χ0v) is 8.06. The molecule has 0 aromatic carbocycles. The molecule has 2 nitrogen and oxygen atoms in total. The number of allylic oxidation sites excluding steroid dienone is 2. The molecule has 12 heavy (non-hydrogen) atoms. The van der Waals surface area contributed by atoms with E-state index in [4.69, 9.17) is 0 Å². The van der Waals surface area contributed by atoms with Gasteiger partial charge in [0.05, 0.1) is 5.54 Å². The van der Waals surface area contributed by atoms with Crippen LogP contribution in [0.1, 0.15) is 27.7 Å². The molecule has 1 aliphatic rings. The van der Waals surface area contributed by atoms with Crippen molar-refractivity contribution in [3.63, 3.8) is 0 Å². The third-order valence-electron chi connectivity index (χ3n) is 2.80. The van der Waals surface area contributed by atoms with Crippen molar-refractivity contribution in [1.82, 2.24) is 5.32 Å². The van der Waals surface area contributed by atoms with E-state index in [9.17, 15) is 4.79 Å². The lowest BCUT2D eigenvalue weighted by Crippen LogP contribution is -2.39. The lowest BCUT2D eigenvalue weighted by Gasteiger charge is -2.23. The lowest BCUT2D eigenvalue weighted by molar-refractivity contribution is -0.110. The molecular formula is C10H15NO. The predicted octanol–water partition coefficient (Wildman–Crippen LogP) is 1.79. The number of rotatable bonds is 2. The maximum absolute atomic E-state index is 10.4. The van der Waals surface area contributed by atoms with E-state index in [1.807, 2.05) is 6.92 Å². The van der Waals surface area contributed by atoms with Crippen molar-refractivity contribution in [2.75, 3.05) is 0 Å². The molecule has 0 spiro atoms. The summed E-state index contributed by atoms with van der Waals surface area (Å²) < 4.78 is 0. The molecule has 0 aromatic heterocycles. The highest BCUT2D eigenvalue weighted by Crippen LogP contribution is 2.32. The fraction of sp³-hybridized carbons (Fsp3) is 0.500. The first-order chi connectivity index (χ1) is 5.51. The van der Waals surface area contributed by atoms with Crippen LogP contribution in [0.4, 0.5) is 0 Å². The van der Waals surface area contributed by atoms with Gasteiger partial charge in [0.15, 0.2) is 0 Å². The summed E-state index contributed by atoms with van der Waals surface area (Å²) in [4.78, 5) is 10.4. The van der Waals surface area contributed by atoms with Gasteiger partial charge in [0.2, 0.25) is 6.41 Å². The SMILES string of the molecule is CC1=CC(C)(NC=O)C(C)=C1C. The summed E-state index contributed by atoms with van der Waals surface area (Å²) in [5.74, 6) is 0. The Morgan fingerprint density at radius 2 is 2.00 bits per heavy atom. The Kier molecular flexibility index (Phi) is 2.09. The van der Waals surface area contributed by atoms with Crippen molar-refractivity contribution in [2.24, 2.45) is 0 Å². The Bertz CT molecular complexity index is 276. The molecule has 1 atom stereocenters. The minimum absolute atomic E-state index is 0.254. The second kappa shape index (κ2) is 2.77. The van der Waals surface area contributed by atoms with Crippen LogP contribution in [0.5, 0.6) is 0 Å². The van der Waals surface area contributed by atoms with Crippen LogP contribution in [0.2, 0.25) is 0 Å². The van der Waals surface area contributed by atoms with Crippen LogP contribution in [-0.2, 0) is 4.79 Å². The van der Waals surface area contributed by atoms with Crippen molar-refractivity contribution in [2.45, 2.75) is 33.2 Å². The van der Waals surface area contributed by atoms with Gasteiger partial charge in [-0.15, -0.1) is 0 Å². The van der Waals surface area contributed by atoms with Crippen molar-refractivity contribution in [3.8, 4) is 0 Å². The van der Waals surface area contributed by atoms with E-state index in [0.29, 0.717) is 0 Å². The number of carbonyl (C=O) groups excluding carboxylic acids is 1. The molecule has 0 aromatic rings. The number of hydrogen-bond donors (Lipinski definition) is 1. The van der Waals surface area contributed by atoms with Gasteiger partial charge in [-0.05, 0) is 44.4 Å².